The minimum atomic E-state index is 0.404. The zero-order valence-corrected chi connectivity index (χ0v) is 8.74. The van der Waals surface area contributed by atoms with Gasteiger partial charge in [-0.2, -0.15) is 0 Å². The number of nitrogens with zero attached hydrogens (tertiary/aromatic N) is 2. The van der Waals surface area contributed by atoms with Crippen LogP contribution >= 0.6 is 0 Å². The molecule has 1 aliphatic carbocycles. The molecule has 3 N–H and O–H groups in total. The van der Waals surface area contributed by atoms with E-state index in [4.69, 9.17) is 5.73 Å². The Morgan fingerprint density at radius 3 is 2.93 bits per heavy atom. The SMILES string of the molecule is Nc1ccc(N2CCNC3(CC3)C2)nc1. The highest BCUT2D eigenvalue weighted by molar-refractivity contribution is 5.47. The molecule has 4 heteroatoms. The molecule has 0 amide bonds. The minimum Gasteiger partial charge on any atom is -0.397 e. The van der Waals surface area contributed by atoms with Crippen molar-refractivity contribution >= 4 is 11.5 Å². The summed E-state index contributed by atoms with van der Waals surface area (Å²) in [7, 11) is 0. The van der Waals surface area contributed by atoms with E-state index in [2.05, 4.69) is 15.2 Å². The first-order valence-corrected chi connectivity index (χ1v) is 5.49. The molecule has 0 radical (unpaired) electrons. The zero-order chi connectivity index (χ0) is 10.3. The van der Waals surface area contributed by atoms with Gasteiger partial charge in [-0.25, -0.2) is 4.98 Å². The molecule has 0 unspecified atom stereocenters. The van der Waals surface area contributed by atoms with E-state index >= 15 is 0 Å². The van der Waals surface area contributed by atoms with Crippen molar-refractivity contribution in [2.45, 2.75) is 18.4 Å². The molecule has 80 valence electrons. The van der Waals surface area contributed by atoms with Gasteiger partial charge in [0.25, 0.3) is 0 Å². The molecule has 4 nitrogen and oxygen atoms in total. The van der Waals surface area contributed by atoms with Gasteiger partial charge in [0.1, 0.15) is 5.82 Å². The van der Waals surface area contributed by atoms with Gasteiger partial charge in [0.2, 0.25) is 0 Å². The quantitative estimate of drug-likeness (QED) is 0.703. The van der Waals surface area contributed by atoms with E-state index in [1.807, 2.05) is 12.1 Å². The molecule has 2 fully saturated rings. The minimum absolute atomic E-state index is 0.404. The fourth-order valence-electron chi connectivity index (χ4n) is 2.22. The molecule has 3 rings (SSSR count). The van der Waals surface area contributed by atoms with Gasteiger partial charge in [-0.05, 0) is 25.0 Å². The van der Waals surface area contributed by atoms with E-state index in [-0.39, 0.29) is 0 Å². The summed E-state index contributed by atoms with van der Waals surface area (Å²) in [5.41, 5.74) is 6.76. The van der Waals surface area contributed by atoms with Gasteiger partial charge in [0.15, 0.2) is 0 Å². The predicted molar refractivity (Wildman–Crippen MR) is 60.8 cm³/mol. The van der Waals surface area contributed by atoms with Crippen LogP contribution in [-0.2, 0) is 0 Å². The van der Waals surface area contributed by atoms with Crippen molar-refractivity contribution in [1.29, 1.82) is 0 Å². The van der Waals surface area contributed by atoms with E-state index < -0.39 is 0 Å². The van der Waals surface area contributed by atoms with Gasteiger partial charge >= 0.3 is 0 Å². The first kappa shape index (κ1) is 8.97. The first-order chi connectivity index (χ1) is 7.27. The van der Waals surface area contributed by atoms with Crippen molar-refractivity contribution in [3.05, 3.63) is 18.3 Å². The van der Waals surface area contributed by atoms with Crippen molar-refractivity contribution in [2.24, 2.45) is 0 Å². The van der Waals surface area contributed by atoms with E-state index in [1.165, 1.54) is 12.8 Å². The second kappa shape index (κ2) is 3.10. The highest BCUT2D eigenvalue weighted by atomic mass is 15.3. The molecule has 0 aromatic carbocycles. The average Bonchev–Trinajstić information content (AvgIpc) is 2.99. The van der Waals surface area contributed by atoms with Crippen LogP contribution in [0.1, 0.15) is 12.8 Å². The van der Waals surface area contributed by atoms with Crippen molar-refractivity contribution in [3.63, 3.8) is 0 Å². The summed E-state index contributed by atoms with van der Waals surface area (Å²) in [5, 5.41) is 3.59. The molecular weight excluding hydrogens is 188 g/mol. The molecule has 1 saturated heterocycles. The molecule has 15 heavy (non-hydrogen) atoms. The Hall–Kier alpha value is -1.29. The van der Waals surface area contributed by atoms with Crippen molar-refractivity contribution in [3.8, 4) is 0 Å². The lowest BCUT2D eigenvalue weighted by atomic mass is 10.2. The average molecular weight is 204 g/mol. The van der Waals surface area contributed by atoms with Crippen LogP contribution in [0.3, 0.4) is 0 Å². The van der Waals surface area contributed by atoms with Crippen molar-refractivity contribution in [1.82, 2.24) is 10.3 Å². The standard InChI is InChI=1S/C11H16N4/c12-9-1-2-10(13-7-9)15-6-5-14-11(8-15)3-4-11/h1-2,7,14H,3-6,8,12H2. The first-order valence-electron chi connectivity index (χ1n) is 5.49. The summed E-state index contributed by atoms with van der Waals surface area (Å²) >= 11 is 0. The van der Waals surface area contributed by atoms with Crippen LogP contribution in [0, 0.1) is 0 Å². The summed E-state index contributed by atoms with van der Waals surface area (Å²) in [6.07, 6.45) is 4.34. The van der Waals surface area contributed by atoms with Gasteiger partial charge in [-0.3, -0.25) is 0 Å². The predicted octanol–water partition coefficient (Wildman–Crippen LogP) is 0.606. The molecule has 1 aliphatic heterocycles. The second-order valence-corrected chi connectivity index (χ2v) is 4.58. The number of nitrogens with two attached hydrogens (primary N) is 1. The third kappa shape index (κ3) is 1.65. The van der Waals surface area contributed by atoms with E-state index in [0.29, 0.717) is 5.54 Å². The summed E-state index contributed by atoms with van der Waals surface area (Å²) in [6.45, 7) is 3.19. The third-order valence-electron chi connectivity index (χ3n) is 3.32. The molecule has 2 heterocycles. The van der Waals surface area contributed by atoms with Gasteiger partial charge in [0, 0.05) is 25.2 Å². The molecule has 0 bridgehead atoms. The Bertz CT molecular complexity index is 355. The fourth-order valence-corrected chi connectivity index (χ4v) is 2.22. The number of hydrogen-bond donors (Lipinski definition) is 2. The number of piperazine rings is 1. The lowest BCUT2D eigenvalue weighted by Crippen LogP contribution is -2.52. The van der Waals surface area contributed by atoms with Crippen LogP contribution < -0.4 is 16.0 Å². The molecule has 1 aromatic heterocycles. The Labute approximate surface area is 89.5 Å². The van der Waals surface area contributed by atoms with Crippen LogP contribution in [0.2, 0.25) is 0 Å². The van der Waals surface area contributed by atoms with Crippen molar-refractivity contribution in [2.75, 3.05) is 30.3 Å². The number of anilines is 2. The van der Waals surface area contributed by atoms with Crippen LogP contribution in [0.5, 0.6) is 0 Å². The topological polar surface area (TPSA) is 54.2 Å². The highest BCUT2D eigenvalue weighted by Crippen LogP contribution is 2.38. The Morgan fingerprint density at radius 1 is 1.40 bits per heavy atom. The lowest BCUT2D eigenvalue weighted by molar-refractivity contribution is 0.440. The summed E-state index contributed by atoms with van der Waals surface area (Å²) in [6, 6.07) is 3.93. The maximum absolute atomic E-state index is 5.63. The van der Waals surface area contributed by atoms with Gasteiger partial charge in [0.05, 0.1) is 11.9 Å². The molecular formula is C11H16N4. The number of rotatable bonds is 1. The summed E-state index contributed by atoms with van der Waals surface area (Å²) < 4.78 is 0. The van der Waals surface area contributed by atoms with Gasteiger partial charge in [-0.15, -0.1) is 0 Å². The molecule has 2 aliphatic rings. The normalized spacial score (nSPS) is 23.1. The fraction of sp³-hybridized carbons (Fsp3) is 0.545. The summed E-state index contributed by atoms with van der Waals surface area (Å²) in [5.74, 6) is 1.05. The lowest BCUT2D eigenvalue weighted by Gasteiger charge is -2.34. The van der Waals surface area contributed by atoms with Crippen LogP contribution in [0.15, 0.2) is 18.3 Å². The van der Waals surface area contributed by atoms with Crippen molar-refractivity contribution < 1.29 is 0 Å². The second-order valence-electron chi connectivity index (χ2n) is 4.58. The molecule has 1 aromatic rings. The van der Waals surface area contributed by atoms with Gasteiger partial charge < -0.3 is 16.0 Å². The number of pyridine rings is 1. The zero-order valence-electron chi connectivity index (χ0n) is 8.74. The van der Waals surface area contributed by atoms with E-state index in [9.17, 15) is 0 Å². The highest BCUT2D eigenvalue weighted by Gasteiger charge is 2.45. The molecule has 1 saturated carbocycles. The van der Waals surface area contributed by atoms with Crippen LogP contribution in [-0.4, -0.2) is 30.2 Å². The maximum Gasteiger partial charge on any atom is 0.128 e. The summed E-state index contributed by atoms with van der Waals surface area (Å²) in [4.78, 5) is 6.72. The van der Waals surface area contributed by atoms with E-state index in [1.54, 1.807) is 6.20 Å². The Morgan fingerprint density at radius 2 is 2.27 bits per heavy atom. The number of aromatic nitrogens is 1. The van der Waals surface area contributed by atoms with Gasteiger partial charge in [-0.1, -0.05) is 0 Å². The largest absolute Gasteiger partial charge is 0.397 e. The Balaban J connectivity index is 1.78. The number of nitrogens with one attached hydrogen (secondary N) is 1. The van der Waals surface area contributed by atoms with Crippen LogP contribution in [0.4, 0.5) is 11.5 Å². The number of hydrogen-bond acceptors (Lipinski definition) is 4. The third-order valence-corrected chi connectivity index (χ3v) is 3.32. The van der Waals surface area contributed by atoms with E-state index in [0.717, 1.165) is 31.1 Å². The smallest absolute Gasteiger partial charge is 0.128 e. The Kier molecular flexibility index (Phi) is 1.85. The maximum atomic E-state index is 5.63. The molecule has 0 atom stereocenters. The monoisotopic (exact) mass is 204 g/mol. The molecule has 1 spiro atoms. The number of nitrogen functional groups attached to an aromatic ring is 1. The van der Waals surface area contributed by atoms with Crippen LogP contribution in [0.25, 0.3) is 0 Å².